The molecule has 1 aromatic heterocycles. The molecule has 6 heteroatoms. The molecule has 0 spiro atoms. The molecule has 0 aliphatic heterocycles. The minimum atomic E-state index is -0.642. The highest BCUT2D eigenvalue weighted by atomic mass is 35.5. The van der Waals surface area contributed by atoms with E-state index in [1.807, 2.05) is 11.6 Å². The second-order valence-electron chi connectivity index (χ2n) is 5.78. The van der Waals surface area contributed by atoms with E-state index in [1.54, 1.807) is 18.3 Å². The molecule has 2 aromatic rings. The van der Waals surface area contributed by atoms with Crippen molar-refractivity contribution in [3.8, 4) is 0 Å². The van der Waals surface area contributed by atoms with Crippen LogP contribution in [0.15, 0.2) is 30.5 Å². The number of imidazole rings is 1. The van der Waals surface area contributed by atoms with Crippen molar-refractivity contribution < 1.29 is 9.50 Å². The van der Waals surface area contributed by atoms with Crippen LogP contribution in [0.2, 0.25) is 5.15 Å². The molecule has 1 N–H and O–H groups in total. The lowest BCUT2D eigenvalue weighted by atomic mass is 10.1. The molecule has 0 amide bonds. The van der Waals surface area contributed by atoms with Crippen molar-refractivity contribution in [3.05, 3.63) is 52.8 Å². The van der Waals surface area contributed by atoms with Gasteiger partial charge in [0.2, 0.25) is 0 Å². The summed E-state index contributed by atoms with van der Waals surface area (Å²) in [5.74, 6) is 0.584. The van der Waals surface area contributed by atoms with E-state index in [0.29, 0.717) is 24.3 Å². The molecule has 3 rings (SSSR count). The van der Waals surface area contributed by atoms with Crippen LogP contribution in [0.1, 0.15) is 30.3 Å². The summed E-state index contributed by atoms with van der Waals surface area (Å²) in [6, 6.07) is 6.48. The summed E-state index contributed by atoms with van der Waals surface area (Å²) in [7, 11) is 1.88. The van der Waals surface area contributed by atoms with Crippen LogP contribution >= 0.6 is 11.6 Å². The quantitative estimate of drug-likeness (QED) is 0.888. The zero-order chi connectivity index (χ0) is 15.7. The van der Waals surface area contributed by atoms with E-state index in [-0.39, 0.29) is 5.82 Å². The minimum absolute atomic E-state index is 0.294. The second-order valence-corrected chi connectivity index (χ2v) is 6.17. The van der Waals surface area contributed by atoms with Gasteiger partial charge in [0.25, 0.3) is 0 Å². The van der Waals surface area contributed by atoms with Crippen LogP contribution in [-0.4, -0.2) is 32.1 Å². The lowest BCUT2D eigenvalue weighted by molar-refractivity contribution is 0.102. The summed E-state index contributed by atoms with van der Waals surface area (Å²) in [6.07, 6.45) is 3.26. The van der Waals surface area contributed by atoms with Crippen molar-refractivity contribution in [1.82, 2.24) is 14.5 Å². The Morgan fingerprint density at radius 3 is 2.64 bits per heavy atom. The van der Waals surface area contributed by atoms with Gasteiger partial charge in [-0.2, -0.15) is 0 Å². The van der Waals surface area contributed by atoms with Gasteiger partial charge in [-0.25, -0.2) is 9.37 Å². The summed E-state index contributed by atoms with van der Waals surface area (Å²) < 4.78 is 14.8. The van der Waals surface area contributed by atoms with Gasteiger partial charge in [0, 0.05) is 19.6 Å². The number of aliphatic hydroxyl groups excluding tert-OH is 1. The van der Waals surface area contributed by atoms with Crippen molar-refractivity contribution in [2.45, 2.75) is 31.5 Å². The zero-order valence-corrected chi connectivity index (χ0v) is 13.2. The minimum Gasteiger partial charge on any atom is -0.387 e. The van der Waals surface area contributed by atoms with Crippen molar-refractivity contribution >= 4 is 11.6 Å². The van der Waals surface area contributed by atoms with Crippen LogP contribution < -0.4 is 0 Å². The van der Waals surface area contributed by atoms with Gasteiger partial charge in [0.1, 0.15) is 16.8 Å². The van der Waals surface area contributed by atoms with Crippen LogP contribution in [0.4, 0.5) is 4.39 Å². The molecule has 1 atom stereocenters. The molecule has 22 heavy (non-hydrogen) atoms. The normalized spacial score (nSPS) is 16.2. The molecule has 0 radical (unpaired) electrons. The summed E-state index contributed by atoms with van der Waals surface area (Å²) in [5.41, 5.74) is 0.727. The number of hydrogen-bond acceptors (Lipinski definition) is 3. The van der Waals surface area contributed by atoms with Gasteiger partial charge in [-0.15, -0.1) is 0 Å². The largest absolute Gasteiger partial charge is 0.387 e. The maximum atomic E-state index is 13.0. The van der Waals surface area contributed by atoms with Crippen LogP contribution in [0.25, 0.3) is 0 Å². The molecule has 1 fully saturated rings. The molecule has 1 aliphatic carbocycles. The van der Waals surface area contributed by atoms with Gasteiger partial charge >= 0.3 is 0 Å². The van der Waals surface area contributed by atoms with Gasteiger partial charge in [0.05, 0.1) is 18.8 Å². The number of rotatable bonds is 6. The first-order valence-corrected chi connectivity index (χ1v) is 7.76. The number of benzene rings is 1. The standard InChI is InChI=1S/C16H19ClFN3O/c1-20-15(17)8-19-16(20)10-21(13-6-7-13)9-14(22)11-2-4-12(18)5-3-11/h2-5,8,13-14,22H,6-7,9-10H2,1H3. The molecule has 1 aliphatic rings. The Morgan fingerprint density at radius 1 is 1.41 bits per heavy atom. The van der Waals surface area contributed by atoms with E-state index in [1.165, 1.54) is 12.1 Å². The fraction of sp³-hybridized carbons (Fsp3) is 0.438. The van der Waals surface area contributed by atoms with Crippen LogP contribution in [-0.2, 0) is 13.6 Å². The van der Waals surface area contributed by atoms with Crippen LogP contribution in [0, 0.1) is 5.82 Å². The third-order valence-electron chi connectivity index (χ3n) is 4.10. The summed E-state index contributed by atoms with van der Waals surface area (Å²) in [6.45, 7) is 1.15. The summed E-state index contributed by atoms with van der Waals surface area (Å²) >= 11 is 6.02. The lowest BCUT2D eigenvalue weighted by Crippen LogP contribution is -2.31. The summed E-state index contributed by atoms with van der Waals surface area (Å²) in [4.78, 5) is 6.53. The molecular formula is C16H19ClFN3O. The van der Waals surface area contributed by atoms with Crippen molar-refractivity contribution in [3.63, 3.8) is 0 Å². The van der Waals surface area contributed by atoms with Gasteiger partial charge in [-0.3, -0.25) is 4.90 Å². The first kappa shape index (κ1) is 15.5. The van der Waals surface area contributed by atoms with Gasteiger partial charge in [-0.1, -0.05) is 23.7 Å². The first-order valence-electron chi connectivity index (χ1n) is 7.38. The Labute approximate surface area is 134 Å². The molecule has 118 valence electrons. The Hall–Kier alpha value is -1.43. The van der Waals surface area contributed by atoms with Crippen molar-refractivity contribution in [2.24, 2.45) is 7.05 Å². The van der Waals surface area contributed by atoms with Crippen LogP contribution in [0.3, 0.4) is 0 Å². The monoisotopic (exact) mass is 323 g/mol. The third kappa shape index (κ3) is 3.48. The number of hydrogen-bond donors (Lipinski definition) is 1. The first-order chi connectivity index (χ1) is 10.5. The maximum Gasteiger partial charge on any atom is 0.128 e. The van der Waals surface area contributed by atoms with E-state index in [2.05, 4.69) is 9.88 Å². The molecule has 1 saturated carbocycles. The lowest BCUT2D eigenvalue weighted by Gasteiger charge is -2.25. The third-order valence-corrected chi connectivity index (χ3v) is 4.45. The van der Waals surface area contributed by atoms with E-state index >= 15 is 0 Å². The zero-order valence-electron chi connectivity index (χ0n) is 12.4. The summed E-state index contributed by atoms with van der Waals surface area (Å²) in [5, 5.41) is 11.0. The Morgan fingerprint density at radius 2 is 2.09 bits per heavy atom. The highest BCUT2D eigenvalue weighted by Crippen LogP contribution is 2.30. The number of halogens is 2. The molecular weight excluding hydrogens is 305 g/mol. The predicted molar refractivity (Wildman–Crippen MR) is 83.0 cm³/mol. The molecule has 1 heterocycles. The molecule has 0 saturated heterocycles. The Kier molecular flexibility index (Phi) is 4.47. The van der Waals surface area contributed by atoms with E-state index in [9.17, 15) is 9.50 Å². The average Bonchev–Trinajstić information content (AvgIpc) is 3.30. The van der Waals surface area contributed by atoms with Crippen LogP contribution in [0.5, 0.6) is 0 Å². The molecule has 4 nitrogen and oxygen atoms in total. The van der Waals surface area contributed by atoms with Gasteiger partial charge in [0.15, 0.2) is 0 Å². The van der Waals surface area contributed by atoms with Crippen molar-refractivity contribution in [2.75, 3.05) is 6.54 Å². The fourth-order valence-electron chi connectivity index (χ4n) is 2.55. The Bertz CT molecular complexity index is 639. The van der Waals surface area contributed by atoms with Gasteiger partial charge in [-0.05, 0) is 30.5 Å². The molecule has 1 unspecified atom stereocenters. The number of aliphatic hydroxyl groups is 1. The van der Waals surface area contributed by atoms with E-state index < -0.39 is 6.10 Å². The maximum absolute atomic E-state index is 13.0. The van der Waals surface area contributed by atoms with E-state index in [4.69, 9.17) is 11.6 Å². The predicted octanol–water partition coefficient (Wildman–Crippen LogP) is 2.91. The number of nitrogens with zero attached hydrogens (tertiary/aromatic N) is 3. The topological polar surface area (TPSA) is 41.3 Å². The smallest absolute Gasteiger partial charge is 0.128 e. The molecule has 1 aromatic carbocycles. The number of aromatic nitrogens is 2. The SMILES string of the molecule is Cn1c(Cl)cnc1CN(CC(O)c1ccc(F)cc1)C1CC1. The van der Waals surface area contributed by atoms with Gasteiger partial charge < -0.3 is 9.67 Å². The second kappa shape index (κ2) is 6.36. The van der Waals surface area contributed by atoms with Crippen molar-refractivity contribution in [1.29, 1.82) is 0 Å². The average molecular weight is 324 g/mol. The molecule has 0 bridgehead atoms. The fourth-order valence-corrected chi connectivity index (χ4v) is 2.69. The highest BCUT2D eigenvalue weighted by molar-refractivity contribution is 6.29. The Balaban J connectivity index is 1.69. The highest BCUT2D eigenvalue weighted by Gasteiger charge is 2.31. The van der Waals surface area contributed by atoms with E-state index in [0.717, 1.165) is 24.2 Å².